The molecule has 0 aromatic carbocycles. The van der Waals surface area contributed by atoms with Crippen LogP contribution in [-0.2, 0) is 10.0 Å². The Bertz CT molecular complexity index is 176. The predicted molar refractivity (Wildman–Crippen MR) is 41.1 cm³/mol. The number of nitrogens with two attached hydrogens (primary N) is 1. The molecule has 0 aliphatic rings. The third kappa shape index (κ3) is 3.81. The van der Waals surface area contributed by atoms with Crippen molar-refractivity contribution >= 4 is 10.0 Å². The van der Waals surface area contributed by atoms with Crippen LogP contribution in [0, 0.1) is 0 Å². The van der Waals surface area contributed by atoms with Gasteiger partial charge in [-0.3, -0.25) is 0 Å². The van der Waals surface area contributed by atoms with Crippen molar-refractivity contribution in [3.8, 4) is 0 Å². The van der Waals surface area contributed by atoms with Crippen molar-refractivity contribution in [2.24, 2.45) is 5.73 Å². The van der Waals surface area contributed by atoms with E-state index in [1.54, 1.807) is 13.8 Å². The van der Waals surface area contributed by atoms with Gasteiger partial charge in [-0.2, -0.15) is 0 Å². The van der Waals surface area contributed by atoms with Crippen LogP contribution in [0.1, 0.15) is 13.8 Å². The molecule has 0 aromatic rings. The van der Waals surface area contributed by atoms with Gasteiger partial charge >= 0.3 is 0 Å². The Morgan fingerprint density at radius 1 is 1.60 bits per heavy atom. The highest BCUT2D eigenvalue weighted by molar-refractivity contribution is 7.89. The van der Waals surface area contributed by atoms with Crippen molar-refractivity contribution < 1.29 is 8.42 Å². The summed E-state index contributed by atoms with van der Waals surface area (Å²) in [6, 6.07) is -0.162. The van der Waals surface area contributed by atoms with E-state index < -0.39 is 10.0 Å². The molecule has 0 amide bonds. The van der Waals surface area contributed by atoms with Gasteiger partial charge in [0.15, 0.2) is 0 Å². The maximum absolute atomic E-state index is 10.8. The Balaban J connectivity index is 3.90. The number of sulfonamides is 1. The Morgan fingerprint density at radius 2 is 2.10 bits per heavy atom. The number of hydrogen-bond acceptors (Lipinski definition) is 3. The summed E-state index contributed by atoms with van der Waals surface area (Å²) >= 11 is 0. The second-order valence-electron chi connectivity index (χ2n) is 2.16. The monoisotopic (exact) mass is 166 g/mol. The number of rotatable bonds is 4. The maximum atomic E-state index is 10.8. The van der Waals surface area contributed by atoms with Gasteiger partial charge in [0, 0.05) is 12.6 Å². The van der Waals surface area contributed by atoms with E-state index in [1.807, 2.05) is 0 Å². The lowest BCUT2D eigenvalue weighted by molar-refractivity contribution is 0.564. The quantitative estimate of drug-likeness (QED) is 0.578. The first-order chi connectivity index (χ1) is 4.52. The highest BCUT2D eigenvalue weighted by Gasteiger charge is 2.09. The predicted octanol–water partition coefficient (Wildman–Crippen LogP) is -0.727. The van der Waals surface area contributed by atoms with E-state index in [4.69, 9.17) is 5.73 Å². The minimum atomic E-state index is -3.06. The molecule has 5 heteroatoms. The van der Waals surface area contributed by atoms with Gasteiger partial charge in [0.2, 0.25) is 10.0 Å². The van der Waals surface area contributed by atoms with Crippen LogP contribution in [-0.4, -0.2) is 26.8 Å². The Labute approximate surface area is 61.8 Å². The number of nitrogens with one attached hydrogen (secondary N) is 1. The van der Waals surface area contributed by atoms with E-state index in [0.717, 1.165) is 0 Å². The molecule has 4 nitrogen and oxygen atoms in total. The van der Waals surface area contributed by atoms with Crippen molar-refractivity contribution in [3.05, 3.63) is 0 Å². The molecule has 3 N–H and O–H groups in total. The highest BCUT2D eigenvalue weighted by Crippen LogP contribution is 1.85. The van der Waals surface area contributed by atoms with Crippen LogP contribution in [0.2, 0.25) is 0 Å². The van der Waals surface area contributed by atoms with Crippen LogP contribution in [0.25, 0.3) is 0 Å². The lowest BCUT2D eigenvalue weighted by atomic mass is 10.4. The molecule has 0 fully saturated rings. The number of hydrogen-bond donors (Lipinski definition) is 2. The van der Waals surface area contributed by atoms with Crippen LogP contribution >= 0.6 is 0 Å². The Hall–Kier alpha value is -0.130. The summed E-state index contributed by atoms with van der Waals surface area (Å²) in [6.07, 6.45) is 0. The Morgan fingerprint density at radius 3 is 2.40 bits per heavy atom. The van der Waals surface area contributed by atoms with E-state index in [9.17, 15) is 8.42 Å². The lowest BCUT2D eigenvalue weighted by Crippen LogP contribution is -2.38. The SMILES string of the molecule is CCS(=O)(=O)N[C@H](C)CN. The van der Waals surface area contributed by atoms with Gasteiger partial charge in [0.05, 0.1) is 5.75 Å². The van der Waals surface area contributed by atoms with Crippen molar-refractivity contribution in [2.75, 3.05) is 12.3 Å². The molecule has 0 bridgehead atoms. The smallest absolute Gasteiger partial charge is 0.211 e. The highest BCUT2D eigenvalue weighted by atomic mass is 32.2. The fourth-order valence-corrected chi connectivity index (χ4v) is 1.31. The molecule has 0 heterocycles. The summed E-state index contributed by atoms with van der Waals surface area (Å²) in [5, 5.41) is 0. The molecular formula is C5H14N2O2S. The minimum Gasteiger partial charge on any atom is -0.329 e. The molecule has 0 aliphatic carbocycles. The topological polar surface area (TPSA) is 72.2 Å². The van der Waals surface area contributed by atoms with Gasteiger partial charge < -0.3 is 5.73 Å². The van der Waals surface area contributed by atoms with E-state index in [-0.39, 0.29) is 11.8 Å². The van der Waals surface area contributed by atoms with Gasteiger partial charge in [-0.05, 0) is 13.8 Å². The second kappa shape index (κ2) is 3.90. The molecular weight excluding hydrogens is 152 g/mol. The molecule has 62 valence electrons. The average molecular weight is 166 g/mol. The third-order valence-corrected chi connectivity index (χ3v) is 2.64. The first-order valence-corrected chi connectivity index (χ1v) is 4.87. The van der Waals surface area contributed by atoms with Crippen LogP contribution in [0.15, 0.2) is 0 Å². The summed E-state index contributed by atoms with van der Waals surface area (Å²) in [5.74, 6) is 0.108. The Kier molecular flexibility index (Phi) is 3.85. The summed E-state index contributed by atoms with van der Waals surface area (Å²) in [6.45, 7) is 3.65. The summed E-state index contributed by atoms with van der Waals surface area (Å²) in [5.41, 5.74) is 5.21. The fraction of sp³-hybridized carbons (Fsp3) is 1.00. The molecule has 0 saturated carbocycles. The summed E-state index contributed by atoms with van der Waals surface area (Å²) in [7, 11) is -3.06. The normalized spacial score (nSPS) is 15.1. The van der Waals surface area contributed by atoms with Gasteiger partial charge in [-0.1, -0.05) is 0 Å². The maximum Gasteiger partial charge on any atom is 0.211 e. The lowest BCUT2D eigenvalue weighted by Gasteiger charge is -2.09. The fourth-order valence-electron chi connectivity index (χ4n) is 0.438. The molecule has 0 aromatic heterocycles. The van der Waals surface area contributed by atoms with E-state index in [0.29, 0.717) is 6.54 Å². The van der Waals surface area contributed by atoms with Gasteiger partial charge in [-0.15, -0.1) is 0 Å². The molecule has 0 unspecified atom stereocenters. The zero-order chi connectivity index (χ0) is 8.20. The first-order valence-electron chi connectivity index (χ1n) is 3.22. The standard InChI is InChI=1S/C5H14N2O2S/c1-3-10(8,9)7-5(2)4-6/h5,7H,3-4,6H2,1-2H3/t5-/m1/s1. The van der Waals surface area contributed by atoms with E-state index >= 15 is 0 Å². The van der Waals surface area contributed by atoms with Crippen LogP contribution in [0.5, 0.6) is 0 Å². The third-order valence-electron chi connectivity index (χ3n) is 1.11. The molecule has 0 aliphatic heterocycles. The van der Waals surface area contributed by atoms with E-state index in [2.05, 4.69) is 4.72 Å². The molecule has 10 heavy (non-hydrogen) atoms. The largest absolute Gasteiger partial charge is 0.329 e. The van der Waals surface area contributed by atoms with Crippen molar-refractivity contribution in [1.29, 1.82) is 0 Å². The van der Waals surface area contributed by atoms with Crippen LogP contribution in [0.4, 0.5) is 0 Å². The van der Waals surface area contributed by atoms with Gasteiger partial charge in [0.25, 0.3) is 0 Å². The van der Waals surface area contributed by atoms with Crippen molar-refractivity contribution in [2.45, 2.75) is 19.9 Å². The molecule has 0 saturated heterocycles. The molecule has 0 rings (SSSR count). The minimum absolute atomic E-state index is 0.108. The second-order valence-corrected chi connectivity index (χ2v) is 4.20. The average Bonchev–Trinajstić information content (AvgIpc) is 1.87. The summed E-state index contributed by atoms with van der Waals surface area (Å²) < 4.78 is 24.0. The van der Waals surface area contributed by atoms with Crippen molar-refractivity contribution in [3.63, 3.8) is 0 Å². The zero-order valence-electron chi connectivity index (χ0n) is 6.29. The van der Waals surface area contributed by atoms with Crippen LogP contribution in [0.3, 0.4) is 0 Å². The molecule has 0 spiro atoms. The van der Waals surface area contributed by atoms with E-state index in [1.165, 1.54) is 0 Å². The first kappa shape index (κ1) is 9.87. The zero-order valence-corrected chi connectivity index (χ0v) is 7.11. The summed E-state index contributed by atoms with van der Waals surface area (Å²) in [4.78, 5) is 0. The van der Waals surface area contributed by atoms with Crippen LogP contribution < -0.4 is 10.5 Å². The molecule has 0 radical (unpaired) electrons. The van der Waals surface area contributed by atoms with Gasteiger partial charge in [-0.25, -0.2) is 13.1 Å². The van der Waals surface area contributed by atoms with Gasteiger partial charge in [0.1, 0.15) is 0 Å². The van der Waals surface area contributed by atoms with Crippen molar-refractivity contribution in [1.82, 2.24) is 4.72 Å². The molecule has 1 atom stereocenters.